The summed E-state index contributed by atoms with van der Waals surface area (Å²) in [7, 11) is 1.65. The Labute approximate surface area is 133 Å². The van der Waals surface area contributed by atoms with E-state index in [0.29, 0.717) is 18.8 Å². The van der Waals surface area contributed by atoms with Gasteiger partial charge in [-0.05, 0) is 37.0 Å². The third-order valence-electron chi connectivity index (χ3n) is 4.24. The summed E-state index contributed by atoms with van der Waals surface area (Å²) in [6.45, 7) is 4.90. The molecule has 0 saturated heterocycles. The van der Waals surface area contributed by atoms with E-state index >= 15 is 0 Å². The van der Waals surface area contributed by atoms with Gasteiger partial charge in [0.15, 0.2) is 0 Å². The first-order chi connectivity index (χ1) is 10.1. The second kappa shape index (κ2) is 8.93. The zero-order valence-corrected chi connectivity index (χ0v) is 14.0. The largest absolute Gasteiger partial charge is 0.497 e. The van der Waals surface area contributed by atoms with Crippen molar-refractivity contribution in [3.8, 4) is 5.75 Å². The molecule has 0 aromatic heterocycles. The molecule has 0 unspecified atom stereocenters. The van der Waals surface area contributed by atoms with Crippen molar-refractivity contribution in [2.45, 2.75) is 39.5 Å². The molecule has 0 atom stereocenters. The number of aryl methyl sites for hydroxylation is 1. The summed E-state index contributed by atoms with van der Waals surface area (Å²) in [4.78, 5) is 12.0. The molecule has 0 bridgehead atoms. The summed E-state index contributed by atoms with van der Waals surface area (Å²) < 4.78 is 5.12. The van der Waals surface area contributed by atoms with Crippen LogP contribution in [-0.4, -0.2) is 25.4 Å². The summed E-state index contributed by atoms with van der Waals surface area (Å²) in [6.07, 6.45) is 3.19. The first-order valence-electron chi connectivity index (χ1n) is 7.54. The van der Waals surface area contributed by atoms with Crippen LogP contribution in [-0.2, 0) is 11.2 Å². The summed E-state index contributed by atoms with van der Waals surface area (Å²) in [5.41, 5.74) is 1.16. The van der Waals surface area contributed by atoms with Gasteiger partial charge in [0.05, 0.1) is 7.11 Å². The highest BCUT2D eigenvalue weighted by molar-refractivity contribution is 6.18. The minimum atomic E-state index is 0.0251. The fourth-order valence-electron chi connectivity index (χ4n) is 2.16. The van der Waals surface area contributed by atoms with Crippen LogP contribution in [0.1, 0.15) is 38.7 Å². The topological polar surface area (TPSA) is 38.3 Å². The molecule has 0 aliphatic heterocycles. The van der Waals surface area contributed by atoms with Gasteiger partial charge in [0.2, 0.25) is 5.91 Å². The van der Waals surface area contributed by atoms with Crippen molar-refractivity contribution < 1.29 is 9.53 Å². The van der Waals surface area contributed by atoms with Gasteiger partial charge in [-0.1, -0.05) is 26.0 Å². The first-order valence-corrected chi connectivity index (χ1v) is 8.08. The average molecular weight is 312 g/mol. The molecule has 3 nitrogen and oxygen atoms in total. The second-order valence-electron chi connectivity index (χ2n) is 5.47. The lowest BCUT2D eigenvalue weighted by Gasteiger charge is -2.29. The molecule has 21 heavy (non-hydrogen) atoms. The predicted octanol–water partition coefficient (Wildman–Crippen LogP) is 3.79. The van der Waals surface area contributed by atoms with Gasteiger partial charge >= 0.3 is 0 Å². The number of carbonyl (C=O) groups is 1. The SMILES string of the molecule is CCC(CC)(CCl)CNC(=O)CCc1ccc(OC)cc1. The Balaban J connectivity index is 2.39. The third-order valence-corrected chi connectivity index (χ3v) is 4.81. The van der Waals surface area contributed by atoms with Crippen LogP contribution < -0.4 is 10.1 Å². The number of methoxy groups -OCH3 is 1. The number of amides is 1. The molecular weight excluding hydrogens is 286 g/mol. The van der Waals surface area contributed by atoms with Crippen LogP contribution in [0.4, 0.5) is 0 Å². The molecule has 0 heterocycles. The van der Waals surface area contributed by atoms with Gasteiger partial charge in [0, 0.05) is 24.3 Å². The van der Waals surface area contributed by atoms with Gasteiger partial charge < -0.3 is 10.1 Å². The highest BCUT2D eigenvalue weighted by atomic mass is 35.5. The minimum absolute atomic E-state index is 0.0251. The molecule has 1 aromatic rings. The maximum atomic E-state index is 12.0. The van der Waals surface area contributed by atoms with Crippen LogP contribution in [0, 0.1) is 5.41 Å². The van der Waals surface area contributed by atoms with Crippen LogP contribution in [0.5, 0.6) is 5.75 Å². The van der Waals surface area contributed by atoms with E-state index in [2.05, 4.69) is 19.2 Å². The average Bonchev–Trinajstić information content (AvgIpc) is 2.55. The Kier molecular flexibility index (Phi) is 7.58. The number of benzene rings is 1. The van der Waals surface area contributed by atoms with Gasteiger partial charge in [-0.2, -0.15) is 0 Å². The van der Waals surface area contributed by atoms with E-state index in [0.717, 1.165) is 30.6 Å². The standard InChI is InChI=1S/C17H26ClNO2/c1-4-17(5-2,12-18)13-19-16(20)11-8-14-6-9-15(21-3)10-7-14/h6-7,9-10H,4-5,8,11-13H2,1-3H3,(H,19,20). The van der Waals surface area contributed by atoms with E-state index in [9.17, 15) is 4.79 Å². The lowest BCUT2D eigenvalue weighted by molar-refractivity contribution is -0.121. The number of hydrogen-bond acceptors (Lipinski definition) is 2. The highest BCUT2D eigenvalue weighted by Gasteiger charge is 2.25. The van der Waals surface area contributed by atoms with Crippen LogP contribution in [0.2, 0.25) is 0 Å². The Morgan fingerprint density at radius 2 is 1.86 bits per heavy atom. The van der Waals surface area contributed by atoms with E-state index in [1.807, 2.05) is 24.3 Å². The molecule has 118 valence electrons. The molecule has 1 rings (SSSR count). The van der Waals surface area contributed by atoms with E-state index < -0.39 is 0 Å². The van der Waals surface area contributed by atoms with Crippen molar-refractivity contribution in [1.29, 1.82) is 0 Å². The summed E-state index contributed by atoms with van der Waals surface area (Å²) in [5.74, 6) is 1.50. The lowest BCUT2D eigenvalue weighted by Crippen LogP contribution is -2.38. The zero-order valence-electron chi connectivity index (χ0n) is 13.2. The molecule has 1 N–H and O–H groups in total. The molecule has 0 spiro atoms. The van der Waals surface area contributed by atoms with Crippen LogP contribution >= 0.6 is 11.6 Å². The Hall–Kier alpha value is -1.22. The van der Waals surface area contributed by atoms with Gasteiger partial charge in [0.25, 0.3) is 0 Å². The smallest absolute Gasteiger partial charge is 0.220 e. The highest BCUT2D eigenvalue weighted by Crippen LogP contribution is 2.26. The van der Waals surface area contributed by atoms with Gasteiger partial charge in [-0.25, -0.2) is 0 Å². The molecule has 0 aliphatic rings. The quantitative estimate of drug-likeness (QED) is 0.705. The molecule has 0 radical (unpaired) electrons. The number of hydrogen-bond donors (Lipinski definition) is 1. The number of alkyl halides is 1. The van der Waals surface area contributed by atoms with Crippen molar-refractivity contribution in [2.24, 2.45) is 5.41 Å². The summed E-state index contributed by atoms with van der Waals surface area (Å²) >= 11 is 6.05. The third kappa shape index (κ3) is 5.58. The zero-order chi connectivity index (χ0) is 15.7. The second-order valence-corrected chi connectivity index (χ2v) is 5.73. The fourth-order valence-corrected chi connectivity index (χ4v) is 2.63. The molecule has 4 heteroatoms. The monoisotopic (exact) mass is 311 g/mol. The molecule has 0 saturated carbocycles. The van der Waals surface area contributed by atoms with Crippen molar-refractivity contribution in [1.82, 2.24) is 5.32 Å². The van der Waals surface area contributed by atoms with E-state index in [-0.39, 0.29) is 11.3 Å². The van der Waals surface area contributed by atoms with E-state index in [1.165, 1.54) is 0 Å². The van der Waals surface area contributed by atoms with E-state index in [4.69, 9.17) is 16.3 Å². The Morgan fingerprint density at radius 1 is 1.24 bits per heavy atom. The van der Waals surface area contributed by atoms with Crippen LogP contribution in [0.25, 0.3) is 0 Å². The Morgan fingerprint density at radius 3 is 2.33 bits per heavy atom. The molecule has 0 aliphatic carbocycles. The summed E-state index contributed by atoms with van der Waals surface area (Å²) in [5, 5.41) is 3.02. The van der Waals surface area contributed by atoms with Crippen molar-refractivity contribution in [3.05, 3.63) is 29.8 Å². The Bertz CT molecular complexity index is 419. The molecular formula is C17H26ClNO2. The maximum absolute atomic E-state index is 12.0. The number of rotatable bonds is 9. The van der Waals surface area contributed by atoms with Crippen LogP contribution in [0.3, 0.4) is 0 Å². The first kappa shape index (κ1) is 17.8. The summed E-state index contributed by atoms with van der Waals surface area (Å²) in [6, 6.07) is 7.82. The van der Waals surface area contributed by atoms with Gasteiger partial charge in [0.1, 0.15) is 5.75 Å². The van der Waals surface area contributed by atoms with E-state index in [1.54, 1.807) is 7.11 Å². The molecule has 1 aromatic carbocycles. The number of carbonyl (C=O) groups excluding carboxylic acids is 1. The number of nitrogens with one attached hydrogen (secondary N) is 1. The van der Waals surface area contributed by atoms with Crippen LogP contribution in [0.15, 0.2) is 24.3 Å². The number of halogens is 1. The van der Waals surface area contributed by atoms with Crippen molar-refractivity contribution in [3.63, 3.8) is 0 Å². The molecule has 0 fully saturated rings. The number of ether oxygens (including phenoxy) is 1. The fraction of sp³-hybridized carbons (Fsp3) is 0.588. The van der Waals surface area contributed by atoms with Gasteiger partial charge in [-0.15, -0.1) is 11.6 Å². The van der Waals surface area contributed by atoms with Gasteiger partial charge in [-0.3, -0.25) is 4.79 Å². The normalized spacial score (nSPS) is 11.2. The van der Waals surface area contributed by atoms with Crippen molar-refractivity contribution in [2.75, 3.05) is 19.5 Å². The maximum Gasteiger partial charge on any atom is 0.220 e. The lowest BCUT2D eigenvalue weighted by atomic mass is 9.84. The minimum Gasteiger partial charge on any atom is -0.497 e. The predicted molar refractivity (Wildman–Crippen MR) is 88.1 cm³/mol. The van der Waals surface area contributed by atoms with Crippen molar-refractivity contribution >= 4 is 17.5 Å². The molecule has 1 amide bonds.